The summed E-state index contributed by atoms with van der Waals surface area (Å²) in [6.45, 7) is 16.7. The smallest absolute Gasteiger partial charge is 0.225 e. The van der Waals surface area contributed by atoms with Crippen LogP contribution in [0.2, 0.25) is 0 Å². The Labute approximate surface area is 130 Å². The van der Waals surface area contributed by atoms with Crippen molar-refractivity contribution < 1.29 is 9.59 Å². The Morgan fingerprint density at radius 1 is 0.952 bits per heavy atom. The molecule has 0 aromatic heterocycles. The van der Waals surface area contributed by atoms with Gasteiger partial charge in [-0.1, -0.05) is 55.4 Å². The molecule has 124 valence electrons. The molecular weight excluding hydrogens is 264 g/mol. The van der Waals surface area contributed by atoms with E-state index >= 15 is 0 Å². The maximum absolute atomic E-state index is 12.4. The maximum atomic E-state index is 12.4. The molecule has 2 amide bonds. The van der Waals surface area contributed by atoms with Crippen molar-refractivity contribution in [3.8, 4) is 0 Å². The summed E-state index contributed by atoms with van der Waals surface area (Å²) in [4.78, 5) is 24.1. The van der Waals surface area contributed by atoms with Crippen LogP contribution in [0.15, 0.2) is 0 Å². The summed E-state index contributed by atoms with van der Waals surface area (Å²) < 4.78 is 0. The second-order valence-corrected chi connectivity index (χ2v) is 8.25. The number of amides is 2. The van der Waals surface area contributed by atoms with Gasteiger partial charge in [-0.2, -0.15) is 0 Å². The molecule has 0 bridgehead atoms. The van der Waals surface area contributed by atoms with Crippen molar-refractivity contribution in [2.45, 2.75) is 68.2 Å². The lowest BCUT2D eigenvalue weighted by Gasteiger charge is -2.34. The molecule has 2 atom stereocenters. The summed E-state index contributed by atoms with van der Waals surface area (Å²) in [5.41, 5.74) is -0.00661. The van der Waals surface area contributed by atoms with Crippen LogP contribution in [-0.2, 0) is 9.59 Å². The predicted octanol–water partition coefficient (Wildman–Crippen LogP) is 3.32. The van der Waals surface area contributed by atoms with Crippen LogP contribution in [-0.4, -0.2) is 18.5 Å². The minimum atomic E-state index is -0.0991. The van der Waals surface area contributed by atoms with Crippen LogP contribution in [0.1, 0.15) is 68.2 Å². The van der Waals surface area contributed by atoms with Crippen molar-refractivity contribution in [1.29, 1.82) is 0 Å². The second-order valence-electron chi connectivity index (χ2n) is 8.25. The SMILES string of the molecule is CCC(C)C(=O)NCNC(=O)C(CC(C)(C)C)C(C)(C)C. The first-order chi connectivity index (χ1) is 9.38. The highest BCUT2D eigenvalue weighted by Gasteiger charge is 2.34. The summed E-state index contributed by atoms with van der Waals surface area (Å²) in [5.74, 6) is -0.0873. The van der Waals surface area contributed by atoms with E-state index in [1.54, 1.807) is 0 Å². The van der Waals surface area contributed by atoms with E-state index in [1.165, 1.54) is 0 Å². The topological polar surface area (TPSA) is 58.2 Å². The van der Waals surface area contributed by atoms with Crippen molar-refractivity contribution in [2.75, 3.05) is 6.67 Å². The Morgan fingerprint density at radius 3 is 1.81 bits per heavy atom. The van der Waals surface area contributed by atoms with Crippen molar-refractivity contribution in [2.24, 2.45) is 22.7 Å². The van der Waals surface area contributed by atoms with Crippen LogP contribution in [0.5, 0.6) is 0 Å². The fourth-order valence-electron chi connectivity index (χ4n) is 2.11. The highest BCUT2D eigenvalue weighted by Crippen LogP contribution is 2.35. The van der Waals surface area contributed by atoms with Gasteiger partial charge in [0.05, 0.1) is 6.67 Å². The third kappa shape index (κ3) is 8.08. The van der Waals surface area contributed by atoms with Crippen molar-refractivity contribution >= 4 is 11.8 Å². The minimum absolute atomic E-state index is 0.0130. The summed E-state index contributed by atoms with van der Waals surface area (Å²) in [7, 11) is 0. The number of hydrogen-bond acceptors (Lipinski definition) is 2. The molecule has 2 unspecified atom stereocenters. The lowest BCUT2D eigenvalue weighted by Crippen LogP contribution is -2.45. The Balaban J connectivity index is 4.54. The van der Waals surface area contributed by atoms with Gasteiger partial charge in [-0.25, -0.2) is 0 Å². The summed E-state index contributed by atoms with van der Waals surface area (Å²) >= 11 is 0. The quantitative estimate of drug-likeness (QED) is 0.739. The molecule has 0 aromatic carbocycles. The fourth-order valence-corrected chi connectivity index (χ4v) is 2.11. The van der Waals surface area contributed by atoms with Crippen LogP contribution < -0.4 is 10.6 Å². The lowest BCUT2D eigenvalue weighted by atomic mass is 9.72. The van der Waals surface area contributed by atoms with Crippen LogP contribution in [0.25, 0.3) is 0 Å². The number of nitrogens with one attached hydrogen (secondary N) is 2. The van der Waals surface area contributed by atoms with Crippen LogP contribution in [0, 0.1) is 22.7 Å². The minimum Gasteiger partial charge on any atom is -0.338 e. The van der Waals surface area contributed by atoms with Gasteiger partial charge in [0.15, 0.2) is 0 Å². The zero-order chi connectivity index (χ0) is 16.8. The number of carbonyl (C=O) groups excluding carboxylic acids is 2. The average molecular weight is 298 g/mol. The molecule has 2 N–H and O–H groups in total. The first-order valence-electron chi connectivity index (χ1n) is 7.94. The van der Waals surface area contributed by atoms with Crippen molar-refractivity contribution in [1.82, 2.24) is 10.6 Å². The Bertz CT molecular complexity index is 351. The molecule has 0 saturated carbocycles. The molecule has 4 nitrogen and oxygen atoms in total. The van der Waals surface area contributed by atoms with Gasteiger partial charge in [-0.05, 0) is 23.7 Å². The average Bonchev–Trinajstić information content (AvgIpc) is 2.32. The first kappa shape index (κ1) is 19.9. The molecule has 0 saturated heterocycles. The normalized spacial score (nSPS) is 15.2. The van der Waals surface area contributed by atoms with Crippen LogP contribution in [0.4, 0.5) is 0 Å². The molecule has 0 aromatic rings. The van der Waals surface area contributed by atoms with Gasteiger partial charge in [0.25, 0.3) is 0 Å². The van der Waals surface area contributed by atoms with Gasteiger partial charge < -0.3 is 10.6 Å². The molecule has 0 aliphatic rings. The van der Waals surface area contributed by atoms with Gasteiger partial charge >= 0.3 is 0 Å². The molecule has 21 heavy (non-hydrogen) atoms. The molecule has 4 heteroatoms. The number of hydrogen-bond donors (Lipinski definition) is 2. The van der Waals surface area contributed by atoms with Gasteiger partial charge in [0, 0.05) is 11.8 Å². The summed E-state index contributed by atoms with van der Waals surface area (Å²) in [5, 5.41) is 5.61. The standard InChI is InChI=1S/C17H34N2O2/c1-9-12(2)14(20)18-11-19-15(21)13(17(6,7)8)10-16(3,4)5/h12-13H,9-11H2,1-8H3,(H,18,20)(H,19,21). The molecule has 0 spiro atoms. The Morgan fingerprint density at radius 2 is 1.43 bits per heavy atom. The van der Waals surface area contributed by atoms with E-state index in [0.29, 0.717) is 0 Å². The molecule has 0 fully saturated rings. The van der Waals surface area contributed by atoms with Gasteiger partial charge in [0.1, 0.15) is 0 Å². The summed E-state index contributed by atoms with van der Waals surface area (Å²) in [6.07, 6.45) is 1.62. The summed E-state index contributed by atoms with van der Waals surface area (Å²) in [6, 6.07) is 0. The van der Waals surface area contributed by atoms with Gasteiger partial charge in [-0.15, -0.1) is 0 Å². The van der Waals surface area contributed by atoms with E-state index < -0.39 is 0 Å². The molecule has 0 rings (SSSR count). The number of carbonyl (C=O) groups is 2. The Kier molecular flexibility index (Phi) is 7.41. The molecular formula is C17H34N2O2. The van der Waals surface area contributed by atoms with Crippen LogP contribution in [0.3, 0.4) is 0 Å². The fraction of sp³-hybridized carbons (Fsp3) is 0.882. The zero-order valence-electron chi connectivity index (χ0n) is 15.1. The van der Waals surface area contributed by atoms with Gasteiger partial charge in [-0.3, -0.25) is 9.59 Å². The Hall–Kier alpha value is -1.06. The highest BCUT2D eigenvalue weighted by atomic mass is 16.2. The van der Waals surface area contributed by atoms with Crippen molar-refractivity contribution in [3.63, 3.8) is 0 Å². The van der Waals surface area contributed by atoms with E-state index in [4.69, 9.17) is 0 Å². The predicted molar refractivity (Wildman–Crippen MR) is 87.6 cm³/mol. The maximum Gasteiger partial charge on any atom is 0.225 e. The number of rotatable bonds is 6. The van der Waals surface area contributed by atoms with E-state index in [2.05, 4.69) is 52.2 Å². The largest absolute Gasteiger partial charge is 0.338 e. The monoisotopic (exact) mass is 298 g/mol. The highest BCUT2D eigenvalue weighted by molar-refractivity contribution is 5.81. The molecule has 0 radical (unpaired) electrons. The third-order valence-electron chi connectivity index (χ3n) is 3.76. The van der Waals surface area contributed by atoms with E-state index in [9.17, 15) is 9.59 Å². The van der Waals surface area contributed by atoms with E-state index in [1.807, 2.05) is 13.8 Å². The zero-order valence-corrected chi connectivity index (χ0v) is 15.1. The molecule has 0 heterocycles. The van der Waals surface area contributed by atoms with Crippen molar-refractivity contribution in [3.05, 3.63) is 0 Å². The van der Waals surface area contributed by atoms with E-state index in [0.717, 1.165) is 12.8 Å². The van der Waals surface area contributed by atoms with Crippen LogP contribution >= 0.6 is 0 Å². The second kappa shape index (κ2) is 7.81. The van der Waals surface area contributed by atoms with Gasteiger partial charge in [0.2, 0.25) is 11.8 Å². The molecule has 0 aliphatic heterocycles. The lowest BCUT2D eigenvalue weighted by molar-refractivity contribution is -0.130. The van der Waals surface area contributed by atoms with E-state index in [-0.39, 0.29) is 41.1 Å². The third-order valence-corrected chi connectivity index (χ3v) is 3.76. The molecule has 0 aliphatic carbocycles. The first-order valence-corrected chi connectivity index (χ1v) is 7.94.